The Labute approximate surface area is 134 Å². The number of hydrogen-bond donors (Lipinski definition) is 0. The Morgan fingerprint density at radius 3 is 2.27 bits per heavy atom. The number of esters is 1. The molecule has 0 bridgehead atoms. The van der Waals surface area contributed by atoms with Crippen LogP contribution < -0.4 is 0 Å². The minimum Gasteiger partial charge on any atom is -0.466 e. The van der Waals surface area contributed by atoms with Gasteiger partial charge in [0.1, 0.15) is 0 Å². The summed E-state index contributed by atoms with van der Waals surface area (Å²) in [5.74, 6) is -0.0209. The lowest BCUT2D eigenvalue weighted by Crippen LogP contribution is -2.52. The molecule has 3 heteroatoms. The van der Waals surface area contributed by atoms with Gasteiger partial charge >= 0.3 is 5.97 Å². The third-order valence-electron chi connectivity index (χ3n) is 4.76. The summed E-state index contributed by atoms with van der Waals surface area (Å²) in [6.07, 6.45) is 2.53. The molecule has 0 saturated carbocycles. The van der Waals surface area contributed by atoms with Gasteiger partial charge < -0.3 is 4.74 Å². The third-order valence-corrected chi connectivity index (χ3v) is 4.76. The van der Waals surface area contributed by atoms with Crippen molar-refractivity contribution in [2.75, 3.05) is 19.7 Å². The van der Waals surface area contributed by atoms with Crippen molar-refractivity contribution in [1.82, 2.24) is 4.90 Å². The van der Waals surface area contributed by atoms with Crippen molar-refractivity contribution in [3.8, 4) is 0 Å². The predicted octanol–water partition coefficient (Wildman–Crippen LogP) is 3.67. The second kappa shape index (κ2) is 6.82. The maximum absolute atomic E-state index is 12.6. The number of piperidine rings is 1. The predicted molar refractivity (Wildman–Crippen MR) is 89.8 cm³/mol. The molecule has 0 atom stereocenters. The Balaban J connectivity index is 2.16. The van der Waals surface area contributed by atoms with Crippen LogP contribution in [0.5, 0.6) is 0 Å². The van der Waals surface area contributed by atoms with Crippen molar-refractivity contribution in [2.45, 2.75) is 52.5 Å². The van der Waals surface area contributed by atoms with Crippen molar-refractivity contribution in [3.63, 3.8) is 0 Å². The van der Waals surface area contributed by atoms with E-state index in [-0.39, 0.29) is 16.9 Å². The van der Waals surface area contributed by atoms with E-state index in [1.54, 1.807) is 0 Å². The van der Waals surface area contributed by atoms with E-state index in [1.807, 2.05) is 25.1 Å². The van der Waals surface area contributed by atoms with Gasteiger partial charge in [-0.3, -0.25) is 9.69 Å². The maximum Gasteiger partial charge on any atom is 0.312 e. The highest BCUT2D eigenvalue weighted by atomic mass is 16.5. The first-order valence-corrected chi connectivity index (χ1v) is 8.33. The second-order valence-corrected chi connectivity index (χ2v) is 7.32. The number of benzene rings is 1. The van der Waals surface area contributed by atoms with Crippen LogP contribution in [0.25, 0.3) is 0 Å². The van der Waals surface area contributed by atoms with Gasteiger partial charge in [-0.05, 0) is 65.6 Å². The van der Waals surface area contributed by atoms with E-state index in [0.29, 0.717) is 6.61 Å². The van der Waals surface area contributed by atoms with Crippen molar-refractivity contribution >= 4 is 5.97 Å². The Morgan fingerprint density at radius 2 is 1.77 bits per heavy atom. The summed E-state index contributed by atoms with van der Waals surface area (Å²) in [4.78, 5) is 15.1. The quantitative estimate of drug-likeness (QED) is 0.795. The van der Waals surface area contributed by atoms with E-state index in [4.69, 9.17) is 4.74 Å². The van der Waals surface area contributed by atoms with Gasteiger partial charge in [0, 0.05) is 5.54 Å². The van der Waals surface area contributed by atoms with Crippen molar-refractivity contribution < 1.29 is 9.53 Å². The highest BCUT2D eigenvalue weighted by Crippen LogP contribution is 2.38. The maximum atomic E-state index is 12.6. The fraction of sp³-hybridized carbons (Fsp3) is 0.632. The Kier molecular flexibility index (Phi) is 5.28. The van der Waals surface area contributed by atoms with Gasteiger partial charge in [0.2, 0.25) is 0 Å². The largest absolute Gasteiger partial charge is 0.466 e. The minimum absolute atomic E-state index is 0.0209. The molecule has 1 fully saturated rings. The lowest BCUT2D eigenvalue weighted by molar-refractivity contribution is -0.159. The van der Waals surface area contributed by atoms with Gasteiger partial charge in [-0.25, -0.2) is 0 Å². The summed E-state index contributed by atoms with van der Waals surface area (Å²) in [6.45, 7) is 11.0. The Bertz CT molecular complexity index is 482. The highest BCUT2D eigenvalue weighted by molar-refractivity contribution is 5.77. The zero-order valence-electron chi connectivity index (χ0n) is 14.4. The van der Waals surface area contributed by atoms with E-state index in [9.17, 15) is 4.79 Å². The van der Waals surface area contributed by atoms with Crippen molar-refractivity contribution in [3.05, 3.63) is 35.9 Å². The molecule has 0 aromatic heterocycles. The molecule has 0 radical (unpaired) electrons. The molecule has 122 valence electrons. The van der Waals surface area contributed by atoms with Crippen LogP contribution in [0.4, 0.5) is 0 Å². The average molecular weight is 303 g/mol. The smallest absolute Gasteiger partial charge is 0.312 e. The molecule has 1 aromatic carbocycles. The van der Waals surface area contributed by atoms with Gasteiger partial charge in [-0.1, -0.05) is 30.3 Å². The zero-order valence-corrected chi connectivity index (χ0v) is 14.4. The molecule has 0 amide bonds. The molecule has 1 aromatic rings. The third kappa shape index (κ3) is 3.89. The lowest BCUT2D eigenvalue weighted by Gasteiger charge is -2.45. The van der Waals surface area contributed by atoms with E-state index in [0.717, 1.165) is 32.4 Å². The SMILES string of the molecule is CCOC(=O)C1(Cc2ccccc2)CCN(C(C)(C)C)CC1. The summed E-state index contributed by atoms with van der Waals surface area (Å²) in [5.41, 5.74) is 1.02. The summed E-state index contributed by atoms with van der Waals surface area (Å²) in [5, 5.41) is 0. The molecule has 0 spiro atoms. The molecule has 1 heterocycles. The van der Waals surface area contributed by atoms with Crippen LogP contribution in [0.1, 0.15) is 46.1 Å². The summed E-state index contributed by atoms with van der Waals surface area (Å²) < 4.78 is 5.42. The van der Waals surface area contributed by atoms with Gasteiger partial charge in [-0.2, -0.15) is 0 Å². The summed E-state index contributed by atoms with van der Waals surface area (Å²) >= 11 is 0. The van der Waals surface area contributed by atoms with Crippen molar-refractivity contribution in [2.24, 2.45) is 5.41 Å². The molecule has 0 N–H and O–H groups in total. The number of carbonyl (C=O) groups is 1. The number of ether oxygens (including phenoxy) is 1. The fourth-order valence-electron chi connectivity index (χ4n) is 3.33. The topological polar surface area (TPSA) is 29.5 Å². The zero-order chi connectivity index (χ0) is 16.2. The fourth-order valence-corrected chi connectivity index (χ4v) is 3.33. The van der Waals surface area contributed by atoms with Crippen LogP contribution in [0, 0.1) is 5.41 Å². The Hall–Kier alpha value is -1.35. The number of likely N-dealkylation sites (tertiary alicyclic amines) is 1. The van der Waals surface area contributed by atoms with Crippen LogP contribution in [-0.4, -0.2) is 36.1 Å². The summed E-state index contributed by atoms with van der Waals surface area (Å²) in [6, 6.07) is 10.3. The van der Waals surface area contributed by atoms with Crippen LogP contribution in [-0.2, 0) is 16.0 Å². The van der Waals surface area contributed by atoms with Crippen LogP contribution in [0.15, 0.2) is 30.3 Å². The number of hydrogen-bond acceptors (Lipinski definition) is 3. The van der Waals surface area contributed by atoms with Gasteiger partial charge in [0.15, 0.2) is 0 Å². The van der Waals surface area contributed by atoms with E-state index in [1.165, 1.54) is 5.56 Å². The highest BCUT2D eigenvalue weighted by Gasteiger charge is 2.44. The minimum atomic E-state index is -0.362. The molecule has 1 aliphatic heterocycles. The molecule has 2 rings (SSSR count). The lowest BCUT2D eigenvalue weighted by atomic mass is 9.73. The number of rotatable bonds is 4. The molecular weight excluding hydrogens is 274 g/mol. The molecule has 3 nitrogen and oxygen atoms in total. The molecule has 0 unspecified atom stereocenters. The average Bonchev–Trinajstić information content (AvgIpc) is 2.48. The van der Waals surface area contributed by atoms with Gasteiger partial charge in [0.05, 0.1) is 12.0 Å². The van der Waals surface area contributed by atoms with Crippen LogP contribution in [0.2, 0.25) is 0 Å². The normalized spacial score (nSPS) is 18.9. The number of carbonyl (C=O) groups excluding carboxylic acids is 1. The van der Waals surface area contributed by atoms with Crippen molar-refractivity contribution in [1.29, 1.82) is 0 Å². The van der Waals surface area contributed by atoms with Crippen LogP contribution in [0.3, 0.4) is 0 Å². The first kappa shape index (κ1) is 17.0. The monoisotopic (exact) mass is 303 g/mol. The molecule has 22 heavy (non-hydrogen) atoms. The van der Waals surface area contributed by atoms with E-state index >= 15 is 0 Å². The second-order valence-electron chi connectivity index (χ2n) is 7.32. The molecule has 1 saturated heterocycles. The van der Waals surface area contributed by atoms with E-state index < -0.39 is 0 Å². The van der Waals surface area contributed by atoms with E-state index in [2.05, 4.69) is 37.8 Å². The molecule has 0 aliphatic carbocycles. The first-order chi connectivity index (χ1) is 10.4. The summed E-state index contributed by atoms with van der Waals surface area (Å²) in [7, 11) is 0. The van der Waals surface area contributed by atoms with Gasteiger partial charge in [-0.15, -0.1) is 0 Å². The first-order valence-electron chi connectivity index (χ1n) is 8.33. The Morgan fingerprint density at radius 1 is 1.18 bits per heavy atom. The standard InChI is InChI=1S/C19H29NO2/c1-5-22-17(21)19(15-16-9-7-6-8-10-16)11-13-20(14-12-19)18(2,3)4/h6-10H,5,11-15H2,1-4H3. The van der Waals surface area contributed by atoms with Gasteiger partial charge in [0.25, 0.3) is 0 Å². The molecular formula is C19H29NO2. The number of nitrogens with zero attached hydrogens (tertiary/aromatic N) is 1. The molecule has 1 aliphatic rings. The van der Waals surface area contributed by atoms with Crippen LogP contribution >= 0.6 is 0 Å².